The van der Waals surface area contributed by atoms with Crippen LogP contribution in [0, 0.1) is 0 Å². The minimum Gasteiger partial charge on any atom is -0.263 e. The molecule has 0 fully saturated rings. The zero-order valence-electron chi connectivity index (χ0n) is 10.0. The lowest BCUT2D eigenvalue weighted by atomic mass is 10.0. The van der Waals surface area contributed by atoms with Gasteiger partial charge in [0.15, 0.2) is 0 Å². The largest absolute Gasteiger partial charge is 0.263 e. The molecule has 0 aromatic rings. The van der Waals surface area contributed by atoms with Crippen LogP contribution in [0.4, 0.5) is 0 Å². The summed E-state index contributed by atoms with van der Waals surface area (Å²) in [6, 6.07) is 0. The van der Waals surface area contributed by atoms with E-state index in [0.717, 1.165) is 17.8 Å². The lowest BCUT2D eigenvalue weighted by molar-refractivity contribution is 1.19. The van der Waals surface area contributed by atoms with E-state index in [4.69, 9.17) is 0 Å². The Bertz CT molecular complexity index is 372. The predicted molar refractivity (Wildman–Crippen MR) is 68.1 cm³/mol. The van der Waals surface area contributed by atoms with Crippen LogP contribution in [0.25, 0.3) is 0 Å². The summed E-state index contributed by atoms with van der Waals surface area (Å²) in [7, 11) is 0. The Kier molecular flexibility index (Phi) is 4.29. The van der Waals surface area contributed by atoms with Crippen molar-refractivity contribution < 1.29 is 0 Å². The maximum Gasteiger partial charge on any atom is 0.0406 e. The van der Waals surface area contributed by atoms with Crippen molar-refractivity contribution in [1.29, 1.82) is 0 Å². The van der Waals surface area contributed by atoms with Crippen LogP contribution in [-0.4, -0.2) is 5.71 Å². The highest BCUT2D eigenvalue weighted by molar-refractivity contribution is 5.80. The quantitative estimate of drug-likeness (QED) is 0.594. The van der Waals surface area contributed by atoms with Gasteiger partial charge in [-0.2, -0.15) is 0 Å². The standard InChI is InChI=1S/C14H19N/c1-11(2)15-13(4)12(3)14-9-7-5-6-8-10-14/h5-7,9-10H,8H2,1-4H3/b13-12+. The fourth-order valence-electron chi connectivity index (χ4n) is 1.49. The van der Waals surface area contributed by atoms with Crippen LogP contribution in [-0.2, 0) is 0 Å². The van der Waals surface area contributed by atoms with Gasteiger partial charge in [-0.3, -0.25) is 4.99 Å². The molecule has 1 aliphatic carbocycles. The maximum atomic E-state index is 4.48. The molecule has 0 saturated carbocycles. The predicted octanol–water partition coefficient (Wildman–Crippen LogP) is 4.20. The van der Waals surface area contributed by atoms with Crippen molar-refractivity contribution in [2.24, 2.45) is 4.99 Å². The van der Waals surface area contributed by atoms with E-state index in [-0.39, 0.29) is 0 Å². The molecule has 0 atom stereocenters. The molecular formula is C14H19N. The average Bonchev–Trinajstić information content (AvgIpc) is 2.43. The molecule has 0 heterocycles. The molecule has 80 valence electrons. The number of allylic oxidation sites excluding steroid dienone is 8. The van der Waals surface area contributed by atoms with Gasteiger partial charge in [0, 0.05) is 11.4 Å². The number of rotatable bonds is 2. The van der Waals surface area contributed by atoms with Crippen molar-refractivity contribution in [2.45, 2.75) is 34.1 Å². The normalized spacial score (nSPS) is 16.7. The summed E-state index contributed by atoms with van der Waals surface area (Å²) < 4.78 is 0. The fraction of sp³-hybridized carbons (Fsp3) is 0.357. The molecule has 0 aromatic heterocycles. The lowest BCUT2D eigenvalue weighted by Crippen LogP contribution is -1.89. The molecular weight excluding hydrogens is 182 g/mol. The van der Waals surface area contributed by atoms with Crippen molar-refractivity contribution in [3.8, 4) is 0 Å². The third kappa shape index (κ3) is 3.70. The monoisotopic (exact) mass is 201 g/mol. The molecule has 0 unspecified atom stereocenters. The highest BCUT2D eigenvalue weighted by Gasteiger charge is 2.00. The van der Waals surface area contributed by atoms with Crippen molar-refractivity contribution >= 4 is 5.71 Å². The summed E-state index contributed by atoms with van der Waals surface area (Å²) in [6.07, 6.45) is 11.7. The Hall–Kier alpha value is -1.37. The lowest BCUT2D eigenvalue weighted by Gasteiger charge is -2.05. The average molecular weight is 201 g/mol. The van der Waals surface area contributed by atoms with Gasteiger partial charge in [0.25, 0.3) is 0 Å². The number of hydrogen-bond acceptors (Lipinski definition) is 1. The van der Waals surface area contributed by atoms with Gasteiger partial charge in [0.2, 0.25) is 0 Å². The third-order valence-corrected chi connectivity index (χ3v) is 2.36. The molecule has 0 aromatic carbocycles. The molecule has 0 N–H and O–H groups in total. The molecule has 0 bridgehead atoms. The Morgan fingerprint density at radius 3 is 2.53 bits per heavy atom. The molecule has 1 nitrogen and oxygen atoms in total. The minimum atomic E-state index is 1.00. The van der Waals surface area contributed by atoms with E-state index in [1.807, 2.05) is 13.8 Å². The van der Waals surface area contributed by atoms with Crippen molar-refractivity contribution in [1.82, 2.24) is 0 Å². The second kappa shape index (κ2) is 5.50. The molecule has 0 spiro atoms. The number of aliphatic imine (C=N–C) groups is 1. The smallest absolute Gasteiger partial charge is 0.0406 e. The van der Waals surface area contributed by atoms with Crippen LogP contribution in [0.1, 0.15) is 34.1 Å². The molecule has 0 saturated heterocycles. The second-order valence-electron chi connectivity index (χ2n) is 3.95. The van der Waals surface area contributed by atoms with E-state index in [1.54, 1.807) is 0 Å². The molecule has 1 heteroatoms. The molecule has 1 aliphatic rings. The summed E-state index contributed by atoms with van der Waals surface area (Å²) >= 11 is 0. The third-order valence-electron chi connectivity index (χ3n) is 2.36. The summed E-state index contributed by atoms with van der Waals surface area (Å²) in [5.74, 6) is 0. The van der Waals surface area contributed by atoms with Crippen LogP contribution < -0.4 is 0 Å². The van der Waals surface area contributed by atoms with Gasteiger partial charge in [0.1, 0.15) is 0 Å². The first kappa shape index (κ1) is 11.7. The zero-order valence-corrected chi connectivity index (χ0v) is 10.0. The van der Waals surface area contributed by atoms with Gasteiger partial charge in [-0.25, -0.2) is 0 Å². The van der Waals surface area contributed by atoms with E-state index in [0.29, 0.717) is 0 Å². The Balaban J connectivity index is 2.97. The van der Waals surface area contributed by atoms with Crippen LogP contribution in [0.15, 0.2) is 52.2 Å². The van der Waals surface area contributed by atoms with E-state index in [1.165, 1.54) is 11.1 Å². The van der Waals surface area contributed by atoms with Gasteiger partial charge in [-0.1, -0.05) is 30.4 Å². The van der Waals surface area contributed by atoms with E-state index in [2.05, 4.69) is 49.2 Å². The fourth-order valence-corrected chi connectivity index (χ4v) is 1.49. The summed E-state index contributed by atoms with van der Waals surface area (Å²) in [4.78, 5) is 4.48. The van der Waals surface area contributed by atoms with Crippen LogP contribution >= 0.6 is 0 Å². The van der Waals surface area contributed by atoms with Crippen molar-refractivity contribution in [3.05, 3.63) is 47.2 Å². The summed E-state index contributed by atoms with van der Waals surface area (Å²) in [6.45, 7) is 8.24. The van der Waals surface area contributed by atoms with Gasteiger partial charge in [-0.05, 0) is 45.3 Å². The Labute approximate surface area is 92.6 Å². The van der Waals surface area contributed by atoms with Crippen molar-refractivity contribution in [3.63, 3.8) is 0 Å². The molecule has 15 heavy (non-hydrogen) atoms. The highest BCUT2D eigenvalue weighted by Crippen LogP contribution is 2.19. The minimum absolute atomic E-state index is 1.00. The molecule has 0 aliphatic heterocycles. The van der Waals surface area contributed by atoms with E-state index in [9.17, 15) is 0 Å². The number of hydrogen-bond donors (Lipinski definition) is 0. The molecule has 0 amide bonds. The van der Waals surface area contributed by atoms with Crippen LogP contribution in [0.5, 0.6) is 0 Å². The Morgan fingerprint density at radius 1 is 1.13 bits per heavy atom. The topological polar surface area (TPSA) is 12.4 Å². The summed E-state index contributed by atoms with van der Waals surface area (Å²) in [5.41, 5.74) is 4.75. The molecule has 0 radical (unpaired) electrons. The highest BCUT2D eigenvalue weighted by atomic mass is 14.7. The SMILES string of the molecule is CC(C)=N/C(C)=C(\C)C1=CCC=CC=C1. The molecule has 1 rings (SSSR count). The van der Waals surface area contributed by atoms with Gasteiger partial charge in [-0.15, -0.1) is 0 Å². The van der Waals surface area contributed by atoms with Crippen LogP contribution in [0.3, 0.4) is 0 Å². The van der Waals surface area contributed by atoms with E-state index < -0.39 is 0 Å². The first-order valence-electron chi connectivity index (χ1n) is 5.34. The first-order valence-corrected chi connectivity index (χ1v) is 5.34. The second-order valence-corrected chi connectivity index (χ2v) is 3.95. The number of nitrogens with zero attached hydrogens (tertiary/aromatic N) is 1. The van der Waals surface area contributed by atoms with E-state index >= 15 is 0 Å². The summed E-state index contributed by atoms with van der Waals surface area (Å²) in [5, 5.41) is 0. The van der Waals surface area contributed by atoms with Gasteiger partial charge >= 0.3 is 0 Å². The van der Waals surface area contributed by atoms with Crippen molar-refractivity contribution in [2.75, 3.05) is 0 Å². The maximum absolute atomic E-state index is 4.48. The van der Waals surface area contributed by atoms with Gasteiger partial charge in [0.05, 0.1) is 0 Å². The first-order chi connectivity index (χ1) is 7.11. The Morgan fingerprint density at radius 2 is 1.87 bits per heavy atom. The van der Waals surface area contributed by atoms with Gasteiger partial charge < -0.3 is 0 Å². The van der Waals surface area contributed by atoms with Crippen LogP contribution in [0.2, 0.25) is 0 Å². The zero-order chi connectivity index (χ0) is 11.3.